The maximum absolute atomic E-state index is 12.9. The Morgan fingerprint density at radius 3 is 2.41 bits per heavy atom. The molecule has 14 nitrogen and oxygen atoms in total. The molecule has 0 bridgehead atoms. The fourth-order valence-corrected chi connectivity index (χ4v) is 2.68. The Balaban J connectivity index is 2.93. The molecule has 0 saturated carbocycles. The van der Waals surface area contributed by atoms with Crippen LogP contribution in [-0.4, -0.2) is 81.7 Å². The van der Waals surface area contributed by atoms with Crippen molar-refractivity contribution in [2.45, 2.75) is 37.4 Å². The second-order valence-electron chi connectivity index (χ2n) is 6.75. The van der Waals surface area contributed by atoms with Gasteiger partial charge in [-0.25, -0.2) is 4.98 Å². The van der Waals surface area contributed by atoms with Crippen LogP contribution in [0.4, 0.5) is 0 Å². The highest BCUT2D eigenvalue weighted by Gasteiger charge is 2.28. The summed E-state index contributed by atoms with van der Waals surface area (Å²) in [6.07, 6.45) is 3.38. The molecule has 0 fully saturated rings. The molecule has 1 aromatic rings. The van der Waals surface area contributed by atoms with Crippen LogP contribution in [0.1, 0.15) is 18.5 Å². The number of carbonyl (C=O) groups is 4. The third-order valence-corrected chi connectivity index (χ3v) is 4.53. The molecule has 3 amide bonds. The summed E-state index contributed by atoms with van der Waals surface area (Å²) in [5, 5.41) is 16.1. The highest BCUT2D eigenvalue weighted by Crippen LogP contribution is 2.04. The monoisotopic (exact) mass is 471 g/mol. The minimum Gasteiger partial charge on any atom is -0.480 e. The summed E-state index contributed by atoms with van der Waals surface area (Å²) in [6, 6.07) is -3.11. The van der Waals surface area contributed by atoms with Crippen molar-refractivity contribution in [3.8, 4) is 0 Å². The molecule has 0 aliphatic rings. The van der Waals surface area contributed by atoms with Gasteiger partial charge < -0.3 is 43.2 Å². The van der Waals surface area contributed by atoms with Gasteiger partial charge >= 0.3 is 5.97 Å². The van der Waals surface area contributed by atoms with Gasteiger partial charge in [-0.15, -0.1) is 0 Å². The van der Waals surface area contributed by atoms with Crippen LogP contribution in [0, 0.1) is 0 Å². The van der Waals surface area contributed by atoms with E-state index in [1.165, 1.54) is 12.5 Å². The Bertz CT molecular complexity index is 798. The van der Waals surface area contributed by atoms with E-state index < -0.39 is 48.4 Å². The Hall–Kier alpha value is -3.33. The number of aromatic amines is 1. The second kappa shape index (κ2) is 13.9. The molecule has 3 unspecified atom stereocenters. The molecule has 1 heterocycles. The Labute approximate surface area is 189 Å². The number of carbonyl (C=O) groups excluding carboxylic acids is 3. The van der Waals surface area contributed by atoms with Crippen molar-refractivity contribution in [2.75, 3.05) is 18.8 Å². The Morgan fingerprint density at radius 2 is 1.84 bits per heavy atom. The van der Waals surface area contributed by atoms with Gasteiger partial charge in [0.05, 0.1) is 12.4 Å². The van der Waals surface area contributed by atoms with Crippen molar-refractivity contribution >= 4 is 42.3 Å². The van der Waals surface area contributed by atoms with Crippen molar-refractivity contribution in [2.24, 2.45) is 22.2 Å². The number of nitrogens with zero attached hydrogens (tertiary/aromatic N) is 2. The summed E-state index contributed by atoms with van der Waals surface area (Å²) >= 11 is 3.97. The minimum atomic E-state index is -1.24. The van der Waals surface area contributed by atoms with Gasteiger partial charge in [-0.1, -0.05) is 0 Å². The summed E-state index contributed by atoms with van der Waals surface area (Å²) in [6.45, 7) is -0.402. The van der Waals surface area contributed by atoms with Crippen molar-refractivity contribution < 1.29 is 24.3 Å². The van der Waals surface area contributed by atoms with E-state index in [1.54, 1.807) is 0 Å². The third-order valence-electron chi connectivity index (χ3n) is 4.14. The third kappa shape index (κ3) is 10.1. The van der Waals surface area contributed by atoms with Crippen LogP contribution >= 0.6 is 12.6 Å². The number of thiol groups is 1. The van der Waals surface area contributed by atoms with Gasteiger partial charge in [-0.2, -0.15) is 12.6 Å². The van der Waals surface area contributed by atoms with E-state index in [1.807, 2.05) is 0 Å². The van der Waals surface area contributed by atoms with Crippen LogP contribution < -0.4 is 33.2 Å². The average molecular weight is 472 g/mol. The van der Waals surface area contributed by atoms with Gasteiger partial charge in [-0.3, -0.25) is 24.2 Å². The van der Waals surface area contributed by atoms with E-state index in [4.69, 9.17) is 22.3 Å². The number of rotatable bonds is 14. The van der Waals surface area contributed by atoms with E-state index in [0.717, 1.165) is 0 Å². The smallest absolute Gasteiger partial charge is 0.322 e. The number of carboxylic acids is 1. The average Bonchev–Trinajstić information content (AvgIpc) is 3.25. The maximum atomic E-state index is 12.9. The zero-order valence-corrected chi connectivity index (χ0v) is 18.2. The molecular weight excluding hydrogens is 442 g/mol. The predicted octanol–water partition coefficient (Wildman–Crippen LogP) is -3.57. The number of aromatic nitrogens is 2. The standard InChI is InChI=1S/C17H29N9O5S/c18-10(7-32)14(29)25-11(2-1-3-22-17(19)20)16(31)26-12(4-9-5-21-8-24-9)15(30)23-6-13(27)28/h5,8,10-12,32H,1-4,6-7,18H2,(H,21,24)(H,23,30)(H,25,29)(H,26,31)(H,27,28)(H4,19,20,22). The molecule has 0 radical (unpaired) electrons. The lowest BCUT2D eigenvalue weighted by Crippen LogP contribution is -2.56. The van der Waals surface area contributed by atoms with Gasteiger partial charge in [0.15, 0.2) is 5.96 Å². The molecule has 1 rings (SSSR count). The van der Waals surface area contributed by atoms with Gasteiger partial charge in [-0.05, 0) is 12.8 Å². The number of imidazole rings is 1. The van der Waals surface area contributed by atoms with Crippen LogP contribution in [0.25, 0.3) is 0 Å². The lowest BCUT2D eigenvalue weighted by atomic mass is 10.1. The number of nitrogens with one attached hydrogen (secondary N) is 4. The molecule has 0 aliphatic heterocycles. The molecule has 0 aliphatic carbocycles. The fourth-order valence-electron chi connectivity index (χ4n) is 2.52. The predicted molar refractivity (Wildman–Crippen MR) is 119 cm³/mol. The first kappa shape index (κ1) is 26.7. The molecule has 11 N–H and O–H groups in total. The molecule has 1 aromatic heterocycles. The first-order chi connectivity index (χ1) is 15.1. The molecular formula is C17H29N9O5S. The first-order valence-electron chi connectivity index (χ1n) is 9.63. The van der Waals surface area contributed by atoms with Crippen molar-refractivity contribution in [3.05, 3.63) is 18.2 Å². The van der Waals surface area contributed by atoms with E-state index in [0.29, 0.717) is 12.1 Å². The number of hydrogen-bond donors (Lipinski definition) is 9. The van der Waals surface area contributed by atoms with Gasteiger partial charge in [0.1, 0.15) is 18.6 Å². The van der Waals surface area contributed by atoms with Crippen molar-refractivity contribution in [1.29, 1.82) is 0 Å². The summed E-state index contributed by atoms with van der Waals surface area (Å²) < 4.78 is 0. The van der Waals surface area contributed by atoms with E-state index in [2.05, 4.69) is 43.5 Å². The van der Waals surface area contributed by atoms with Crippen LogP contribution in [0.15, 0.2) is 17.5 Å². The normalized spacial score (nSPS) is 13.3. The van der Waals surface area contributed by atoms with Crippen LogP contribution in [-0.2, 0) is 25.6 Å². The van der Waals surface area contributed by atoms with E-state index >= 15 is 0 Å². The minimum absolute atomic E-state index is 0.0159. The van der Waals surface area contributed by atoms with E-state index in [9.17, 15) is 19.2 Å². The lowest BCUT2D eigenvalue weighted by Gasteiger charge is -2.23. The first-order valence-corrected chi connectivity index (χ1v) is 10.3. The quantitative estimate of drug-likeness (QED) is 0.0563. The summed E-state index contributed by atoms with van der Waals surface area (Å²) in [4.78, 5) is 58.8. The molecule has 32 heavy (non-hydrogen) atoms. The number of amides is 3. The number of aliphatic carboxylic acids is 1. The highest BCUT2D eigenvalue weighted by atomic mass is 32.1. The molecule has 15 heteroatoms. The van der Waals surface area contributed by atoms with Crippen molar-refractivity contribution in [1.82, 2.24) is 25.9 Å². The molecule has 0 spiro atoms. The number of aliphatic imine (C=N–C) groups is 1. The van der Waals surface area contributed by atoms with Crippen LogP contribution in [0.3, 0.4) is 0 Å². The summed E-state index contributed by atoms with van der Waals surface area (Å²) in [5.74, 6) is -3.26. The molecule has 178 valence electrons. The zero-order chi connectivity index (χ0) is 24.1. The highest BCUT2D eigenvalue weighted by molar-refractivity contribution is 7.80. The fraction of sp³-hybridized carbons (Fsp3) is 0.529. The van der Waals surface area contributed by atoms with Crippen molar-refractivity contribution in [3.63, 3.8) is 0 Å². The molecule has 0 aromatic carbocycles. The number of H-pyrrole nitrogens is 1. The van der Waals surface area contributed by atoms with Gasteiger partial charge in [0.25, 0.3) is 0 Å². The number of hydrogen-bond acceptors (Lipinski definition) is 8. The number of guanidine groups is 1. The number of nitrogens with two attached hydrogens (primary N) is 3. The zero-order valence-electron chi connectivity index (χ0n) is 17.3. The van der Waals surface area contributed by atoms with E-state index in [-0.39, 0.29) is 31.1 Å². The summed E-state index contributed by atoms with van der Waals surface area (Å²) in [7, 11) is 0. The maximum Gasteiger partial charge on any atom is 0.322 e. The molecule has 0 saturated heterocycles. The van der Waals surface area contributed by atoms with Crippen LogP contribution in [0.2, 0.25) is 0 Å². The Morgan fingerprint density at radius 1 is 1.16 bits per heavy atom. The largest absolute Gasteiger partial charge is 0.480 e. The molecule has 3 atom stereocenters. The van der Waals surface area contributed by atoms with Gasteiger partial charge in [0.2, 0.25) is 17.7 Å². The van der Waals surface area contributed by atoms with Gasteiger partial charge in [0, 0.05) is 30.6 Å². The summed E-state index contributed by atoms with van der Waals surface area (Å²) in [5.41, 5.74) is 16.8. The topological polar surface area (TPSA) is 244 Å². The SMILES string of the molecule is NC(N)=NCCCC(NC(=O)C(N)CS)C(=O)NC(Cc1cnc[nH]1)C(=O)NCC(=O)O. The lowest BCUT2D eigenvalue weighted by molar-refractivity contribution is -0.138. The number of carboxylic acid groups (broad SMARTS) is 1. The Kier molecular flexibility index (Phi) is 11.6. The second-order valence-corrected chi connectivity index (χ2v) is 7.12. The van der Waals surface area contributed by atoms with Crippen LogP contribution in [0.5, 0.6) is 0 Å².